The van der Waals surface area contributed by atoms with Crippen molar-refractivity contribution in [3.05, 3.63) is 35.4 Å². The molecule has 4 heterocycles. The summed E-state index contributed by atoms with van der Waals surface area (Å²) in [6.07, 6.45) is 2.58. The Labute approximate surface area is 140 Å². The molecule has 2 aromatic rings. The van der Waals surface area contributed by atoms with E-state index >= 15 is 0 Å². The molecule has 118 valence electrons. The quantitative estimate of drug-likeness (QED) is 0.849. The Morgan fingerprint density at radius 2 is 1.91 bits per heavy atom. The number of fused-ring (bicyclic) bond motifs is 3. The second kappa shape index (κ2) is 6.49. The minimum Gasteiger partial charge on any atom is -0.469 e. The summed E-state index contributed by atoms with van der Waals surface area (Å²) >= 11 is 6.39. The molecular weight excluding hydrogens is 323 g/mol. The van der Waals surface area contributed by atoms with Crippen LogP contribution >= 0.6 is 24.0 Å². The van der Waals surface area contributed by atoms with Gasteiger partial charge in [-0.2, -0.15) is 0 Å². The van der Waals surface area contributed by atoms with E-state index in [-0.39, 0.29) is 18.5 Å². The van der Waals surface area contributed by atoms with E-state index in [1.165, 1.54) is 25.9 Å². The Hall–Kier alpha value is -1.23. The predicted molar refractivity (Wildman–Crippen MR) is 87.8 cm³/mol. The molecule has 3 saturated heterocycles. The molecule has 0 spiro atoms. The van der Waals surface area contributed by atoms with E-state index in [2.05, 4.69) is 10.1 Å². The standard InChI is InChI=1S/C16H17ClN2O2.ClH/c17-14-15(12-4-2-1-3-5-12)21-18-16(14)20-13-10-19-8-6-11(13)7-9-19;/h1-5,11,13H,6-10H2;1H. The maximum Gasteiger partial charge on any atom is 0.274 e. The monoisotopic (exact) mass is 340 g/mol. The van der Waals surface area contributed by atoms with Gasteiger partial charge in [-0.25, -0.2) is 0 Å². The molecule has 4 nitrogen and oxygen atoms in total. The van der Waals surface area contributed by atoms with Crippen molar-refractivity contribution in [2.24, 2.45) is 5.92 Å². The number of ether oxygens (including phenoxy) is 1. The molecule has 1 aromatic heterocycles. The topological polar surface area (TPSA) is 38.5 Å². The third kappa shape index (κ3) is 2.83. The normalized spacial score (nSPS) is 26.5. The maximum atomic E-state index is 6.39. The summed E-state index contributed by atoms with van der Waals surface area (Å²) in [5.41, 5.74) is 0.916. The van der Waals surface area contributed by atoms with E-state index in [4.69, 9.17) is 20.9 Å². The lowest BCUT2D eigenvalue weighted by atomic mass is 9.86. The lowest BCUT2D eigenvalue weighted by Gasteiger charge is -2.43. The van der Waals surface area contributed by atoms with Gasteiger partial charge in [-0.3, -0.25) is 4.90 Å². The summed E-state index contributed by atoms with van der Waals surface area (Å²) in [6, 6.07) is 9.75. The highest BCUT2D eigenvalue weighted by atomic mass is 35.5. The van der Waals surface area contributed by atoms with Gasteiger partial charge in [0.15, 0.2) is 10.8 Å². The van der Waals surface area contributed by atoms with Crippen LogP contribution < -0.4 is 4.74 Å². The number of benzene rings is 1. The predicted octanol–water partition coefficient (Wildman–Crippen LogP) is 3.89. The Bertz CT molecular complexity index is 624. The van der Waals surface area contributed by atoms with Crippen LogP contribution in [0.1, 0.15) is 12.8 Å². The molecule has 0 N–H and O–H groups in total. The lowest BCUT2D eigenvalue weighted by Crippen LogP contribution is -2.52. The zero-order chi connectivity index (χ0) is 14.2. The van der Waals surface area contributed by atoms with Crippen molar-refractivity contribution in [3.63, 3.8) is 0 Å². The van der Waals surface area contributed by atoms with Crippen molar-refractivity contribution in [3.8, 4) is 17.2 Å². The summed E-state index contributed by atoms with van der Waals surface area (Å²) in [4.78, 5) is 2.44. The second-order valence-corrected chi connectivity index (χ2v) is 6.17. The smallest absolute Gasteiger partial charge is 0.274 e. The molecule has 0 saturated carbocycles. The first-order valence-corrected chi connectivity index (χ1v) is 7.78. The van der Waals surface area contributed by atoms with Crippen molar-refractivity contribution < 1.29 is 9.26 Å². The first-order chi connectivity index (χ1) is 10.3. The van der Waals surface area contributed by atoms with Crippen molar-refractivity contribution in [2.75, 3.05) is 19.6 Å². The number of hydrogen-bond donors (Lipinski definition) is 0. The minimum absolute atomic E-state index is 0. The highest BCUT2D eigenvalue weighted by Gasteiger charge is 2.36. The summed E-state index contributed by atoms with van der Waals surface area (Å²) in [5, 5.41) is 4.49. The minimum atomic E-state index is 0. The Morgan fingerprint density at radius 1 is 1.18 bits per heavy atom. The van der Waals surface area contributed by atoms with Crippen LogP contribution in [0.15, 0.2) is 34.9 Å². The second-order valence-electron chi connectivity index (χ2n) is 5.79. The van der Waals surface area contributed by atoms with Crippen molar-refractivity contribution in [2.45, 2.75) is 18.9 Å². The summed E-state index contributed by atoms with van der Waals surface area (Å²) in [7, 11) is 0. The van der Waals surface area contributed by atoms with Crippen molar-refractivity contribution in [1.82, 2.24) is 10.1 Å². The van der Waals surface area contributed by atoms with Crippen LogP contribution in [0.5, 0.6) is 5.88 Å². The van der Waals surface area contributed by atoms with Crippen LogP contribution in [0.2, 0.25) is 5.02 Å². The number of rotatable bonds is 3. The number of nitrogens with zero attached hydrogens (tertiary/aromatic N) is 2. The molecule has 0 amide bonds. The van der Waals surface area contributed by atoms with Crippen LogP contribution in [0.3, 0.4) is 0 Å². The number of piperidine rings is 3. The van der Waals surface area contributed by atoms with E-state index in [9.17, 15) is 0 Å². The third-order valence-corrected chi connectivity index (χ3v) is 4.84. The zero-order valence-electron chi connectivity index (χ0n) is 12.1. The average Bonchev–Trinajstić information content (AvgIpc) is 2.90. The van der Waals surface area contributed by atoms with Gasteiger partial charge in [-0.1, -0.05) is 41.9 Å². The van der Waals surface area contributed by atoms with Gasteiger partial charge < -0.3 is 9.26 Å². The average molecular weight is 341 g/mol. The maximum absolute atomic E-state index is 6.39. The summed E-state index contributed by atoms with van der Waals surface area (Å²) in [5.74, 6) is 1.62. The molecule has 22 heavy (non-hydrogen) atoms. The molecule has 6 heteroatoms. The number of aromatic nitrogens is 1. The van der Waals surface area contributed by atoms with E-state index in [0.717, 1.165) is 12.1 Å². The fourth-order valence-electron chi connectivity index (χ4n) is 3.29. The van der Waals surface area contributed by atoms with Gasteiger partial charge in [0.05, 0.1) is 0 Å². The summed E-state index contributed by atoms with van der Waals surface area (Å²) in [6.45, 7) is 3.34. The van der Waals surface area contributed by atoms with Crippen LogP contribution in [-0.2, 0) is 0 Å². The summed E-state index contributed by atoms with van der Waals surface area (Å²) < 4.78 is 11.4. The molecular formula is C16H18Cl2N2O2. The van der Waals surface area contributed by atoms with E-state index < -0.39 is 0 Å². The number of hydrogen-bond acceptors (Lipinski definition) is 4. The van der Waals surface area contributed by atoms with Crippen LogP contribution in [0.25, 0.3) is 11.3 Å². The van der Waals surface area contributed by atoms with Crippen molar-refractivity contribution in [1.29, 1.82) is 0 Å². The molecule has 1 aromatic carbocycles. The molecule has 1 unspecified atom stereocenters. The molecule has 2 bridgehead atoms. The van der Waals surface area contributed by atoms with Crippen LogP contribution in [0.4, 0.5) is 0 Å². The fraction of sp³-hybridized carbons (Fsp3) is 0.438. The first-order valence-electron chi connectivity index (χ1n) is 7.41. The van der Waals surface area contributed by atoms with Gasteiger partial charge in [0.25, 0.3) is 5.88 Å². The lowest BCUT2D eigenvalue weighted by molar-refractivity contribution is -0.0113. The molecule has 3 aliphatic heterocycles. The van der Waals surface area contributed by atoms with Gasteiger partial charge >= 0.3 is 0 Å². The van der Waals surface area contributed by atoms with Gasteiger partial charge in [0.1, 0.15) is 6.10 Å². The van der Waals surface area contributed by atoms with Gasteiger partial charge in [-0.15, -0.1) is 12.4 Å². The Morgan fingerprint density at radius 3 is 2.55 bits per heavy atom. The molecule has 5 rings (SSSR count). The van der Waals surface area contributed by atoms with Gasteiger partial charge in [0, 0.05) is 12.1 Å². The van der Waals surface area contributed by atoms with E-state index in [1.807, 2.05) is 30.3 Å². The largest absolute Gasteiger partial charge is 0.469 e. The zero-order valence-corrected chi connectivity index (χ0v) is 13.6. The van der Waals surface area contributed by atoms with Crippen molar-refractivity contribution >= 4 is 24.0 Å². The molecule has 3 fully saturated rings. The fourth-order valence-corrected chi connectivity index (χ4v) is 3.52. The van der Waals surface area contributed by atoms with Gasteiger partial charge in [0.2, 0.25) is 0 Å². The highest BCUT2D eigenvalue weighted by Crippen LogP contribution is 2.37. The highest BCUT2D eigenvalue weighted by molar-refractivity contribution is 6.34. The van der Waals surface area contributed by atoms with E-state index in [0.29, 0.717) is 22.6 Å². The van der Waals surface area contributed by atoms with E-state index in [1.54, 1.807) is 0 Å². The molecule has 0 radical (unpaired) electrons. The first kappa shape index (κ1) is 15.7. The SMILES string of the molecule is Cl.Clc1c(OC2CN3CCC2CC3)noc1-c1ccccc1. The van der Waals surface area contributed by atoms with Crippen LogP contribution in [0, 0.1) is 5.92 Å². The molecule has 1 atom stereocenters. The molecule has 3 aliphatic rings. The van der Waals surface area contributed by atoms with Gasteiger partial charge in [-0.05, 0) is 37.0 Å². The Balaban J connectivity index is 0.00000144. The molecule has 0 aliphatic carbocycles. The number of halogens is 2. The Kier molecular flexibility index (Phi) is 4.62. The third-order valence-electron chi connectivity index (χ3n) is 4.50. The van der Waals surface area contributed by atoms with Crippen LogP contribution in [-0.4, -0.2) is 35.8 Å².